The van der Waals surface area contributed by atoms with Gasteiger partial charge in [-0.05, 0) is 43.9 Å². The summed E-state index contributed by atoms with van der Waals surface area (Å²) in [6.45, 7) is 3.11. The van der Waals surface area contributed by atoms with E-state index in [2.05, 4.69) is 5.32 Å². The van der Waals surface area contributed by atoms with Gasteiger partial charge in [0.15, 0.2) is 0 Å². The number of rotatable bonds is 5. The molecule has 2 aliphatic rings. The van der Waals surface area contributed by atoms with Crippen LogP contribution in [0.25, 0.3) is 10.9 Å². The molecule has 9 nitrogen and oxygen atoms in total. The van der Waals surface area contributed by atoms with Crippen LogP contribution in [0.2, 0.25) is 0 Å². The Kier molecular flexibility index (Phi) is 7.00. The van der Waals surface area contributed by atoms with E-state index in [1.54, 1.807) is 16.9 Å². The van der Waals surface area contributed by atoms with Crippen LogP contribution < -0.4 is 10.1 Å². The van der Waals surface area contributed by atoms with E-state index in [1.165, 1.54) is 0 Å². The third-order valence-electron chi connectivity index (χ3n) is 7.34. The summed E-state index contributed by atoms with van der Waals surface area (Å²) in [5.74, 6) is 0.505. The number of fused-ring (bicyclic) bond motifs is 1. The minimum Gasteiger partial charge on any atom is -0.497 e. The lowest BCUT2D eigenvalue weighted by atomic mass is 9.83. The molecular weight excluding hydrogens is 436 g/mol. The van der Waals surface area contributed by atoms with Crippen molar-refractivity contribution >= 4 is 28.8 Å². The number of hydrogen-bond donors (Lipinski definition) is 2. The number of ether oxygens (including phenoxy) is 1. The third-order valence-corrected chi connectivity index (χ3v) is 7.34. The lowest BCUT2D eigenvalue weighted by molar-refractivity contribution is -0.137. The number of carbonyl (C=O) groups excluding carboxylic acids is 2. The Hall–Kier alpha value is -3.23. The van der Waals surface area contributed by atoms with E-state index in [9.17, 15) is 19.5 Å². The molecule has 1 saturated carbocycles. The van der Waals surface area contributed by atoms with Gasteiger partial charge in [-0.25, -0.2) is 4.79 Å². The molecule has 3 amide bonds. The Morgan fingerprint density at radius 2 is 1.85 bits per heavy atom. The lowest BCUT2D eigenvalue weighted by Crippen LogP contribution is -2.60. The zero-order valence-corrected chi connectivity index (χ0v) is 20.1. The maximum absolute atomic E-state index is 13.4. The number of hydrogen-bond acceptors (Lipinski definition) is 4. The Labute approximate surface area is 199 Å². The second-order valence-corrected chi connectivity index (χ2v) is 9.47. The van der Waals surface area contributed by atoms with Crippen LogP contribution in [0.1, 0.15) is 49.5 Å². The molecule has 1 aromatic carbocycles. The molecule has 0 bridgehead atoms. The second-order valence-electron chi connectivity index (χ2n) is 9.47. The molecule has 1 aliphatic carbocycles. The highest BCUT2D eigenvalue weighted by molar-refractivity contribution is 5.99. The van der Waals surface area contributed by atoms with Crippen LogP contribution in [0, 0.1) is 5.92 Å². The first kappa shape index (κ1) is 23.9. The van der Waals surface area contributed by atoms with Gasteiger partial charge in [-0.15, -0.1) is 0 Å². The van der Waals surface area contributed by atoms with Crippen molar-refractivity contribution in [3.8, 4) is 5.75 Å². The van der Waals surface area contributed by atoms with Gasteiger partial charge in [0, 0.05) is 44.2 Å². The highest BCUT2D eigenvalue weighted by Gasteiger charge is 2.38. The molecule has 1 aromatic heterocycles. The fourth-order valence-corrected chi connectivity index (χ4v) is 5.43. The van der Waals surface area contributed by atoms with Crippen molar-refractivity contribution in [3.05, 3.63) is 30.0 Å². The fraction of sp³-hybridized carbons (Fsp3) is 0.560. The number of carboxylic acid groups (broad SMARTS) is 1. The zero-order chi connectivity index (χ0) is 24.4. The largest absolute Gasteiger partial charge is 0.497 e. The van der Waals surface area contributed by atoms with Crippen LogP contribution in [0.4, 0.5) is 4.79 Å². The summed E-state index contributed by atoms with van der Waals surface area (Å²) in [5.41, 5.74) is 1.50. The molecule has 0 radical (unpaired) electrons. The number of carbonyl (C=O) groups is 3. The SMILES string of the molecule is COc1ccc2cc(C(=O)N3CCN(C(=O)C(NC(=O)O)C4CCCCC4)C[C@H]3C)n(C)c2c1. The summed E-state index contributed by atoms with van der Waals surface area (Å²) < 4.78 is 7.19. The van der Waals surface area contributed by atoms with Crippen molar-refractivity contribution < 1.29 is 24.2 Å². The predicted octanol–water partition coefficient (Wildman–Crippen LogP) is 3.08. The highest BCUT2D eigenvalue weighted by atomic mass is 16.5. The fourth-order valence-electron chi connectivity index (χ4n) is 5.43. The molecule has 2 fully saturated rings. The van der Waals surface area contributed by atoms with Gasteiger partial charge in [0.2, 0.25) is 5.91 Å². The first-order chi connectivity index (χ1) is 16.3. The topological polar surface area (TPSA) is 104 Å². The Bertz CT molecular complexity index is 1070. The van der Waals surface area contributed by atoms with Crippen molar-refractivity contribution in [2.75, 3.05) is 26.7 Å². The monoisotopic (exact) mass is 470 g/mol. The summed E-state index contributed by atoms with van der Waals surface area (Å²) in [7, 11) is 3.48. The first-order valence-corrected chi connectivity index (χ1v) is 12.0. The normalized spacial score (nSPS) is 20.3. The highest BCUT2D eigenvalue weighted by Crippen LogP contribution is 2.29. The van der Waals surface area contributed by atoms with Gasteiger partial charge in [-0.1, -0.05) is 19.3 Å². The number of benzene rings is 1. The molecule has 2 aromatic rings. The van der Waals surface area contributed by atoms with Crippen molar-refractivity contribution in [2.45, 2.75) is 51.1 Å². The number of nitrogens with one attached hydrogen (secondary N) is 1. The molecule has 34 heavy (non-hydrogen) atoms. The van der Waals surface area contributed by atoms with E-state index >= 15 is 0 Å². The quantitative estimate of drug-likeness (QED) is 0.699. The number of methoxy groups -OCH3 is 1. The van der Waals surface area contributed by atoms with E-state index < -0.39 is 12.1 Å². The van der Waals surface area contributed by atoms with E-state index in [0.717, 1.165) is 48.8 Å². The minimum absolute atomic E-state index is 0.0279. The average molecular weight is 471 g/mol. The third kappa shape index (κ3) is 4.69. The van der Waals surface area contributed by atoms with Crippen LogP contribution in [0.3, 0.4) is 0 Å². The molecule has 1 unspecified atom stereocenters. The average Bonchev–Trinajstić information content (AvgIpc) is 3.17. The van der Waals surface area contributed by atoms with Gasteiger partial charge in [0.25, 0.3) is 5.91 Å². The number of amides is 3. The van der Waals surface area contributed by atoms with Gasteiger partial charge in [-0.2, -0.15) is 0 Å². The van der Waals surface area contributed by atoms with E-state index in [1.807, 2.05) is 42.8 Å². The summed E-state index contributed by atoms with van der Waals surface area (Å²) in [6.07, 6.45) is 3.71. The molecule has 1 saturated heterocycles. The smallest absolute Gasteiger partial charge is 0.405 e. The van der Waals surface area contributed by atoms with Gasteiger partial charge in [0.1, 0.15) is 17.5 Å². The van der Waals surface area contributed by atoms with Crippen LogP contribution >= 0.6 is 0 Å². The van der Waals surface area contributed by atoms with Crippen LogP contribution in [-0.2, 0) is 11.8 Å². The van der Waals surface area contributed by atoms with E-state index in [-0.39, 0.29) is 23.8 Å². The van der Waals surface area contributed by atoms with Crippen molar-refractivity contribution in [3.63, 3.8) is 0 Å². The summed E-state index contributed by atoms with van der Waals surface area (Å²) in [5, 5.41) is 12.8. The first-order valence-electron chi connectivity index (χ1n) is 12.0. The van der Waals surface area contributed by atoms with Crippen molar-refractivity contribution in [1.82, 2.24) is 19.7 Å². The Morgan fingerprint density at radius 3 is 2.50 bits per heavy atom. The number of aromatic nitrogens is 1. The molecule has 9 heteroatoms. The molecular formula is C25H34N4O5. The maximum atomic E-state index is 13.4. The van der Waals surface area contributed by atoms with Crippen LogP contribution in [0.5, 0.6) is 5.75 Å². The summed E-state index contributed by atoms with van der Waals surface area (Å²) in [4.78, 5) is 41.7. The second kappa shape index (κ2) is 9.95. The Morgan fingerprint density at radius 1 is 1.12 bits per heavy atom. The maximum Gasteiger partial charge on any atom is 0.405 e. The lowest BCUT2D eigenvalue weighted by Gasteiger charge is -2.42. The van der Waals surface area contributed by atoms with Crippen molar-refractivity contribution in [1.29, 1.82) is 0 Å². The van der Waals surface area contributed by atoms with Gasteiger partial charge >= 0.3 is 6.09 Å². The molecule has 2 N–H and O–H groups in total. The van der Waals surface area contributed by atoms with Gasteiger partial charge in [0.05, 0.1) is 12.6 Å². The zero-order valence-electron chi connectivity index (χ0n) is 20.1. The van der Waals surface area contributed by atoms with Crippen LogP contribution in [0.15, 0.2) is 24.3 Å². The summed E-state index contributed by atoms with van der Waals surface area (Å²) in [6, 6.07) is 6.70. The van der Waals surface area contributed by atoms with Gasteiger partial charge in [-0.3, -0.25) is 9.59 Å². The molecule has 2 atom stereocenters. The molecule has 184 valence electrons. The number of piperazine rings is 1. The minimum atomic E-state index is -1.17. The van der Waals surface area contributed by atoms with Crippen molar-refractivity contribution in [2.24, 2.45) is 13.0 Å². The van der Waals surface area contributed by atoms with E-state index in [0.29, 0.717) is 25.3 Å². The molecule has 4 rings (SSSR count). The predicted molar refractivity (Wildman–Crippen MR) is 128 cm³/mol. The van der Waals surface area contributed by atoms with Gasteiger partial charge < -0.3 is 29.5 Å². The molecule has 2 heterocycles. The summed E-state index contributed by atoms with van der Waals surface area (Å²) >= 11 is 0. The van der Waals surface area contributed by atoms with E-state index in [4.69, 9.17) is 4.74 Å². The number of nitrogens with zero attached hydrogens (tertiary/aromatic N) is 3. The standard InChI is InChI=1S/C25H34N4O5/c1-16-15-28(24(31)22(26-25(32)33)17-7-5-4-6-8-17)11-12-29(16)23(30)21-13-18-9-10-19(34-3)14-20(18)27(21)2/h9-10,13-14,16-17,22,26H,4-8,11-12,15H2,1-3H3,(H,32,33)/t16-,22?/m1/s1. The molecule has 1 aliphatic heterocycles. The Balaban J connectivity index is 1.47. The molecule has 0 spiro atoms. The number of aryl methyl sites for hydroxylation is 1. The van der Waals surface area contributed by atoms with Crippen LogP contribution in [-0.4, -0.2) is 76.2 Å².